The number of rotatable bonds is 6. The van der Waals surface area contributed by atoms with Gasteiger partial charge in [0.1, 0.15) is 5.56 Å². The summed E-state index contributed by atoms with van der Waals surface area (Å²) in [5.74, 6) is -2.02. The number of ether oxygens (including phenoxy) is 2. The van der Waals surface area contributed by atoms with E-state index in [1.54, 1.807) is 0 Å². The van der Waals surface area contributed by atoms with Crippen molar-refractivity contribution in [1.82, 2.24) is 5.32 Å². The van der Waals surface area contributed by atoms with Crippen molar-refractivity contribution in [3.8, 4) is 11.5 Å². The first-order valence-corrected chi connectivity index (χ1v) is 5.79. The van der Waals surface area contributed by atoms with E-state index in [1.807, 2.05) is 0 Å². The van der Waals surface area contributed by atoms with Crippen LogP contribution in [-0.2, 0) is 4.79 Å². The van der Waals surface area contributed by atoms with Crippen LogP contribution in [-0.4, -0.2) is 42.2 Å². The number of nitrogens with one attached hydrogen (secondary N) is 1. The van der Waals surface area contributed by atoms with E-state index in [0.29, 0.717) is 0 Å². The molecule has 0 saturated heterocycles. The van der Waals surface area contributed by atoms with Crippen molar-refractivity contribution in [3.05, 3.63) is 27.8 Å². The molecule has 0 fully saturated rings. The lowest BCUT2D eigenvalue weighted by atomic mass is 10.1. The molecular formula is C12H14N2O7. The maximum Gasteiger partial charge on any atom is 0.342 e. The Labute approximate surface area is 119 Å². The van der Waals surface area contributed by atoms with Crippen LogP contribution in [0.25, 0.3) is 0 Å². The summed E-state index contributed by atoms with van der Waals surface area (Å²) in [4.78, 5) is 32.5. The van der Waals surface area contributed by atoms with E-state index < -0.39 is 34.2 Å². The van der Waals surface area contributed by atoms with Gasteiger partial charge in [0.15, 0.2) is 17.6 Å². The van der Waals surface area contributed by atoms with Crippen molar-refractivity contribution in [2.75, 3.05) is 14.2 Å². The van der Waals surface area contributed by atoms with Gasteiger partial charge in [-0.05, 0) is 6.92 Å². The van der Waals surface area contributed by atoms with Gasteiger partial charge in [0, 0.05) is 13.1 Å². The third kappa shape index (κ3) is 3.59. The topological polar surface area (TPSA) is 128 Å². The molecule has 114 valence electrons. The number of aromatic carboxylic acids is 1. The van der Waals surface area contributed by atoms with Crippen molar-refractivity contribution in [1.29, 1.82) is 0 Å². The number of likely N-dealkylation sites (N-methyl/N-ethyl adjacent to an activating group) is 1. The van der Waals surface area contributed by atoms with E-state index >= 15 is 0 Å². The number of carboxylic acid groups (broad SMARTS) is 1. The molecule has 0 aliphatic carbocycles. The van der Waals surface area contributed by atoms with Gasteiger partial charge in [-0.25, -0.2) is 4.79 Å². The molecule has 0 spiro atoms. The van der Waals surface area contributed by atoms with Crippen LogP contribution in [0.15, 0.2) is 12.1 Å². The first kappa shape index (κ1) is 16.2. The minimum Gasteiger partial charge on any atom is -0.493 e. The highest BCUT2D eigenvalue weighted by molar-refractivity contribution is 5.93. The number of methoxy groups -OCH3 is 1. The van der Waals surface area contributed by atoms with E-state index in [-0.39, 0.29) is 11.5 Å². The molecule has 1 aromatic carbocycles. The maximum atomic E-state index is 11.4. The number of nitro groups is 1. The lowest BCUT2D eigenvalue weighted by Crippen LogP contribution is -2.33. The van der Waals surface area contributed by atoms with Gasteiger partial charge in [0.25, 0.3) is 11.6 Å². The molecule has 0 aromatic heterocycles. The number of hydrogen-bond acceptors (Lipinski definition) is 6. The van der Waals surface area contributed by atoms with E-state index in [4.69, 9.17) is 14.6 Å². The lowest BCUT2D eigenvalue weighted by molar-refractivity contribution is -0.385. The first-order valence-electron chi connectivity index (χ1n) is 5.79. The number of amides is 1. The molecule has 0 saturated carbocycles. The molecule has 1 unspecified atom stereocenters. The number of nitrogens with zero attached hydrogens (tertiary/aromatic N) is 1. The fourth-order valence-electron chi connectivity index (χ4n) is 1.57. The standard InChI is InChI=1S/C12H14N2O7/c1-6(11(15)13-2)21-10-5-8(14(18)19)7(12(16)17)4-9(10)20-3/h4-6H,1-3H3,(H,13,15)(H,16,17). The smallest absolute Gasteiger partial charge is 0.342 e. The second-order valence-corrected chi connectivity index (χ2v) is 3.96. The molecular weight excluding hydrogens is 284 g/mol. The molecule has 2 N–H and O–H groups in total. The van der Waals surface area contributed by atoms with Crippen LogP contribution >= 0.6 is 0 Å². The summed E-state index contributed by atoms with van der Waals surface area (Å²) in [5, 5.41) is 22.2. The van der Waals surface area contributed by atoms with Gasteiger partial charge >= 0.3 is 5.97 Å². The number of benzene rings is 1. The number of hydrogen-bond donors (Lipinski definition) is 2. The Kier molecular flexibility index (Phi) is 5.06. The molecule has 0 heterocycles. The average molecular weight is 298 g/mol. The molecule has 1 rings (SSSR count). The second kappa shape index (κ2) is 6.55. The minimum absolute atomic E-state index is 0.0197. The van der Waals surface area contributed by atoms with Gasteiger partial charge in [0.05, 0.1) is 18.1 Å². The Morgan fingerprint density at radius 3 is 2.43 bits per heavy atom. The summed E-state index contributed by atoms with van der Waals surface area (Å²) in [6.07, 6.45) is -0.931. The summed E-state index contributed by atoms with van der Waals surface area (Å²) >= 11 is 0. The van der Waals surface area contributed by atoms with Gasteiger partial charge in [-0.2, -0.15) is 0 Å². The van der Waals surface area contributed by atoms with Crippen molar-refractivity contribution >= 4 is 17.6 Å². The third-order valence-corrected chi connectivity index (χ3v) is 2.63. The molecule has 1 amide bonds. The molecule has 0 aliphatic rings. The fraction of sp³-hybridized carbons (Fsp3) is 0.333. The van der Waals surface area contributed by atoms with Gasteiger partial charge in [-0.1, -0.05) is 0 Å². The average Bonchev–Trinajstić information content (AvgIpc) is 2.45. The highest BCUT2D eigenvalue weighted by Gasteiger charge is 2.26. The molecule has 9 nitrogen and oxygen atoms in total. The SMILES string of the molecule is CNC(=O)C(C)Oc1cc([N+](=O)[O-])c(C(=O)O)cc1OC. The Bertz CT molecular complexity index is 585. The zero-order valence-electron chi connectivity index (χ0n) is 11.6. The van der Waals surface area contributed by atoms with Crippen LogP contribution in [0, 0.1) is 10.1 Å². The monoisotopic (exact) mass is 298 g/mol. The Balaban J connectivity index is 3.31. The van der Waals surface area contributed by atoms with Gasteiger partial charge < -0.3 is 19.9 Å². The van der Waals surface area contributed by atoms with E-state index in [9.17, 15) is 19.7 Å². The van der Waals surface area contributed by atoms with E-state index in [0.717, 1.165) is 12.1 Å². The minimum atomic E-state index is -1.47. The van der Waals surface area contributed by atoms with Crippen molar-refractivity contribution < 1.29 is 29.1 Å². The zero-order valence-corrected chi connectivity index (χ0v) is 11.6. The quantitative estimate of drug-likeness (QED) is 0.587. The van der Waals surface area contributed by atoms with E-state index in [2.05, 4.69) is 5.32 Å². The Hall–Kier alpha value is -2.84. The molecule has 0 bridgehead atoms. The van der Waals surface area contributed by atoms with Crippen LogP contribution in [0.3, 0.4) is 0 Å². The van der Waals surface area contributed by atoms with Crippen LogP contribution in [0.2, 0.25) is 0 Å². The summed E-state index contributed by atoms with van der Waals surface area (Å²) in [5.41, 5.74) is -1.18. The number of carbonyl (C=O) groups excluding carboxylic acids is 1. The van der Waals surface area contributed by atoms with Crippen molar-refractivity contribution in [2.24, 2.45) is 0 Å². The summed E-state index contributed by atoms with van der Waals surface area (Å²) in [6, 6.07) is 1.90. The van der Waals surface area contributed by atoms with Gasteiger partial charge in [-0.15, -0.1) is 0 Å². The largest absolute Gasteiger partial charge is 0.493 e. The zero-order chi connectivity index (χ0) is 16.2. The molecule has 1 aromatic rings. The van der Waals surface area contributed by atoms with Gasteiger partial charge in [0.2, 0.25) is 0 Å². The number of nitro benzene ring substituents is 1. The molecule has 1 atom stereocenters. The number of carboxylic acids is 1. The molecule has 0 radical (unpaired) electrons. The van der Waals surface area contributed by atoms with E-state index in [1.165, 1.54) is 21.1 Å². The lowest BCUT2D eigenvalue weighted by Gasteiger charge is -2.16. The highest BCUT2D eigenvalue weighted by atomic mass is 16.6. The third-order valence-electron chi connectivity index (χ3n) is 2.63. The highest BCUT2D eigenvalue weighted by Crippen LogP contribution is 2.35. The Morgan fingerprint density at radius 1 is 1.38 bits per heavy atom. The Morgan fingerprint density at radius 2 is 2.00 bits per heavy atom. The molecule has 21 heavy (non-hydrogen) atoms. The first-order chi connectivity index (χ1) is 9.81. The number of carbonyl (C=O) groups is 2. The molecule has 0 aliphatic heterocycles. The maximum absolute atomic E-state index is 11.4. The predicted octanol–water partition coefficient (Wildman–Crippen LogP) is 0.815. The van der Waals surface area contributed by atoms with Crippen molar-refractivity contribution in [2.45, 2.75) is 13.0 Å². The predicted molar refractivity (Wildman–Crippen MR) is 70.8 cm³/mol. The van der Waals surface area contributed by atoms with Gasteiger partial charge in [-0.3, -0.25) is 14.9 Å². The second-order valence-electron chi connectivity index (χ2n) is 3.96. The summed E-state index contributed by atoms with van der Waals surface area (Å²) in [6.45, 7) is 1.44. The fourth-order valence-corrected chi connectivity index (χ4v) is 1.57. The van der Waals surface area contributed by atoms with Crippen LogP contribution in [0.5, 0.6) is 11.5 Å². The summed E-state index contributed by atoms with van der Waals surface area (Å²) < 4.78 is 10.2. The summed E-state index contributed by atoms with van der Waals surface area (Å²) in [7, 11) is 2.67. The van der Waals surface area contributed by atoms with Crippen LogP contribution in [0.1, 0.15) is 17.3 Å². The van der Waals surface area contributed by atoms with Crippen LogP contribution in [0.4, 0.5) is 5.69 Å². The normalized spacial score (nSPS) is 11.4. The molecule has 9 heteroatoms. The van der Waals surface area contributed by atoms with Crippen LogP contribution < -0.4 is 14.8 Å². The van der Waals surface area contributed by atoms with Crippen molar-refractivity contribution in [3.63, 3.8) is 0 Å².